The standard InChI is InChI=1S/C46H29NO2/c1-2-10-30(11-3-1)35-26-27-36(38-13-5-4-12-37(35)38)31-18-20-32(21-19-31)47(33-22-24-41-39-14-6-8-16-43(39)48-45(41)28-33)34-23-25-42-40-15-7-9-17-44(40)49-46(42)29-34/h1-29H. The van der Waals surface area contributed by atoms with Crippen LogP contribution >= 0.6 is 0 Å². The molecule has 0 bridgehead atoms. The highest BCUT2D eigenvalue weighted by Crippen LogP contribution is 2.42. The van der Waals surface area contributed by atoms with Crippen LogP contribution in [0.25, 0.3) is 76.9 Å². The Kier molecular flexibility index (Phi) is 6.18. The summed E-state index contributed by atoms with van der Waals surface area (Å²) in [4.78, 5) is 2.28. The first kappa shape index (κ1) is 27.5. The van der Waals surface area contributed by atoms with Crippen LogP contribution in [0.15, 0.2) is 185 Å². The zero-order valence-corrected chi connectivity index (χ0v) is 26.5. The van der Waals surface area contributed by atoms with Crippen LogP contribution in [0.1, 0.15) is 0 Å². The Hall–Kier alpha value is -6.58. The first-order valence-corrected chi connectivity index (χ1v) is 16.6. The molecule has 8 aromatic carbocycles. The van der Waals surface area contributed by atoms with E-state index in [4.69, 9.17) is 8.83 Å². The van der Waals surface area contributed by atoms with Crippen LogP contribution < -0.4 is 4.90 Å². The van der Waals surface area contributed by atoms with Gasteiger partial charge in [0.2, 0.25) is 0 Å². The van der Waals surface area contributed by atoms with Crippen molar-refractivity contribution in [2.45, 2.75) is 0 Å². The zero-order valence-electron chi connectivity index (χ0n) is 26.5. The minimum Gasteiger partial charge on any atom is -0.456 e. The maximum Gasteiger partial charge on any atom is 0.137 e. The van der Waals surface area contributed by atoms with E-state index in [0.717, 1.165) is 60.9 Å². The van der Waals surface area contributed by atoms with Crippen LogP contribution in [0.2, 0.25) is 0 Å². The van der Waals surface area contributed by atoms with Gasteiger partial charge in [-0.25, -0.2) is 0 Å². The third-order valence-corrected chi connectivity index (χ3v) is 9.69. The molecule has 0 fully saturated rings. The molecular formula is C46H29NO2. The van der Waals surface area contributed by atoms with E-state index in [1.807, 2.05) is 24.3 Å². The lowest BCUT2D eigenvalue weighted by molar-refractivity contribution is 0.669. The molecule has 0 N–H and O–H groups in total. The lowest BCUT2D eigenvalue weighted by Crippen LogP contribution is -2.09. The van der Waals surface area contributed by atoms with Crippen molar-refractivity contribution in [3.8, 4) is 22.3 Å². The first-order chi connectivity index (χ1) is 24.3. The van der Waals surface area contributed by atoms with E-state index in [-0.39, 0.29) is 0 Å². The van der Waals surface area contributed by atoms with Crippen LogP contribution in [0.4, 0.5) is 17.1 Å². The fraction of sp³-hybridized carbons (Fsp3) is 0. The second kappa shape index (κ2) is 11.0. The Morgan fingerprint density at radius 3 is 1.22 bits per heavy atom. The van der Waals surface area contributed by atoms with Crippen molar-refractivity contribution in [1.29, 1.82) is 0 Å². The van der Waals surface area contributed by atoms with Gasteiger partial charge in [0.05, 0.1) is 0 Å². The predicted octanol–water partition coefficient (Wildman–Crippen LogP) is 13.4. The zero-order chi connectivity index (χ0) is 32.3. The van der Waals surface area contributed by atoms with E-state index in [0.29, 0.717) is 0 Å². The number of fused-ring (bicyclic) bond motifs is 7. The molecule has 3 heteroatoms. The highest BCUT2D eigenvalue weighted by Gasteiger charge is 2.18. The molecule has 49 heavy (non-hydrogen) atoms. The normalized spacial score (nSPS) is 11.7. The Bertz CT molecular complexity index is 2710. The molecule has 0 radical (unpaired) electrons. The van der Waals surface area contributed by atoms with Crippen LogP contribution in [-0.2, 0) is 0 Å². The predicted molar refractivity (Wildman–Crippen MR) is 204 cm³/mol. The van der Waals surface area contributed by atoms with Gasteiger partial charge in [0.1, 0.15) is 22.3 Å². The van der Waals surface area contributed by atoms with Gasteiger partial charge in [0.25, 0.3) is 0 Å². The van der Waals surface area contributed by atoms with Gasteiger partial charge in [0.15, 0.2) is 0 Å². The topological polar surface area (TPSA) is 29.5 Å². The molecule has 0 unspecified atom stereocenters. The van der Waals surface area contributed by atoms with Crippen LogP contribution in [0, 0.1) is 0 Å². The van der Waals surface area contributed by atoms with E-state index >= 15 is 0 Å². The summed E-state index contributed by atoms with van der Waals surface area (Å²) in [5.74, 6) is 0. The molecule has 0 spiro atoms. The SMILES string of the molecule is c1ccc(-c2ccc(-c3ccc(N(c4ccc5c(c4)oc4ccccc45)c4ccc5c(c4)oc4ccccc45)cc3)c3ccccc23)cc1. The van der Waals surface area contributed by atoms with Gasteiger partial charge in [-0.15, -0.1) is 0 Å². The lowest BCUT2D eigenvalue weighted by atomic mass is 9.92. The minimum atomic E-state index is 0.857. The number of hydrogen-bond donors (Lipinski definition) is 0. The number of nitrogens with zero attached hydrogens (tertiary/aromatic N) is 1. The second-order valence-electron chi connectivity index (χ2n) is 12.5. The summed E-state index contributed by atoms with van der Waals surface area (Å²) in [6.07, 6.45) is 0. The van der Waals surface area contributed by atoms with Gasteiger partial charge in [-0.3, -0.25) is 0 Å². The van der Waals surface area contributed by atoms with Gasteiger partial charge in [0, 0.05) is 50.7 Å². The van der Waals surface area contributed by atoms with E-state index in [1.165, 1.54) is 33.0 Å². The quantitative estimate of drug-likeness (QED) is 0.190. The number of benzene rings is 8. The summed E-state index contributed by atoms with van der Waals surface area (Å²) in [6.45, 7) is 0. The maximum atomic E-state index is 6.34. The third-order valence-electron chi connectivity index (χ3n) is 9.69. The van der Waals surface area contributed by atoms with Crippen LogP contribution in [0.3, 0.4) is 0 Å². The van der Waals surface area contributed by atoms with E-state index in [1.54, 1.807) is 0 Å². The number of rotatable bonds is 5. The summed E-state index contributed by atoms with van der Waals surface area (Å²) in [5.41, 5.74) is 11.4. The highest BCUT2D eigenvalue weighted by molar-refractivity contribution is 6.08. The second-order valence-corrected chi connectivity index (χ2v) is 12.5. The van der Waals surface area contributed by atoms with Crippen molar-refractivity contribution in [2.75, 3.05) is 4.90 Å². The van der Waals surface area contributed by atoms with Crippen molar-refractivity contribution in [3.05, 3.63) is 176 Å². The van der Waals surface area contributed by atoms with E-state index in [2.05, 4.69) is 157 Å². The van der Waals surface area contributed by atoms with Gasteiger partial charge < -0.3 is 13.7 Å². The van der Waals surface area contributed by atoms with Crippen LogP contribution in [0.5, 0.6) is 0 Å². The molecular weight excluding hydrogens is 599 g/mol. The monoisotopic (exact) mass is 627 g/mol. The summed E-state index contributed by atoms with van der Waals surface area (Å²) >= 11 is 0. The molecule has 2 heterocycles. The molecule has 2 aromatic heterocycles. The molecule has 10 aromatic rings. The average molecular weight is 628 g/mol. The Balaban J connectivity index is 1.12. The molecule has 0 aliphatic rings. The van der Waals surface area contributed by atoms with Crippen molar-refractivity contribution >= 4 is 71.7 Å². The number of anilines is 3. The van der Waals surface area contributed by atoms with Gasteiger partial charge in [-0.05, 0) is 81.6 Å². The molecule has 10 rings (SSSR count). The molecule has 0 saturated carbocycles. The van der Waals surface area contributed by atoms with Crippen molar-refractivity contribution in [2.24, 2.45) is 0 Å². The molecule has 0 aliphatic heterocycles. The lowest BCUT2D eigenvalue weighted by Gasteiger charge is -2.25. The Morgan fingerprint density at radius 1 is 0.286 bits per heavy atom. The fourth-order valence-electron chi connectivity index (χ4n) is 7.36. The summed E-state index contributed by atoms with van der Waals surface area (Å²) < 4.78 is 12.7. The minimum absolute atomic E-state index is 0.857. The number of hydrogen-bond acceptors (Lipinski definition) is 3. The molecule has 0 amide bonds. The Labute approximate surface area is 282 Å². The maximum absolute atomic E-state index is 6.34. The summed E-state index contributed by atoms with van der Waals surface area (Å²) in [7, 11) is 0. The fourth-order valence-corrected chi connectivity index (χ4v) is 7.36. The smallest absolute Gasteiger partial charge is 0.137 e. The van der Waals surface area contributed by atoms with Gasteiger partial charge in [-0.1, -0.05) is 115 Å². The molecule has 0 aliphatic carbocycles. The number of para-hydroxylation sites is 2. The van der Waals surface area contributed by atoms with Crippen molar-refractivity contribution in [3.63, 3.8) is 0 Å². The average Bonchev–Trinajstić information content (AvgIpc) is 3.73. The largest absolute Gasteiger partial charge is 0.456 e. The van der Waals surface area contributed by atoms with Crippen LogP contribution in [-0.4, -0.2) is 0 Å². The van der Waals surface area contributed by atoms with Gasteiger partial charge in [-0.2, -0.15) is 0 Å². The highest BCUT2D eigenvalue weighted by atomic mass is 16.3. The molecule has 230 valence electrons. The van der Waals surface area contributed by atoms with Gasteiger partial charge >= 0.3 is 0 Å². The van der Waals surface area contributed by atoms with E-state index in [9.17, 15) is 0 Å². The van der Waals surface area contributed by atoms with Crippen molar-refractivity contribution < 1.29 is 8.83 Å². The van der Waals surface area contributed by atoms with E-state index < -0.39 is 0 Å². The molecule has 0 saturated heterocycles. The summed E-state index contributed by atoms with van der Waals surface area (Å²) in [5, 5.41) is 6.93. The first-order valence-electron chi connectivity index (χ1n) is 16.6. The summed E-state index contributed by atoms with van der Waals surface area (Å²) in [6, 6.07) is 62.1. The molecule has 3 nitrogen and oxygen atoms in total. The number of furan rings is 2. The van der Waals surface area contributed by atoms with Crippen molar-refractivity contribution in [1.82, 2.24) is 0 Å². The third kappa shape index (κ3) is 4.51. The molecule has 0 atom stereocenters. The Morgan fingerprint density at radius 2 is 0.694 bits per heavy atom.